The van der Waals surface area contributed by atoms with E-state index in [-0.39, 0.29) is 0 Å². The van der Waals surface area contributed by atoms with Gasteiger partial charge < -0.3 is 4.90 Å². The Morgan fingerprint density at radius 1 is 1.26 bits per heavy atom. The van der Waals surface area contributed by atoms with Gasteiger partial charge in [0.15, 0.2) is 5.65 Å². The molecule has 3 heterocycles. The van der Waals surface area contributed by atoms with Crippen LogP contribution < -0.4 is 0 Å². The van der Waals surface area contributed by atoms with Gasteiger partial charge in [-0.2, -0.15) is 0 Å². The quantitative estimate of drug-likeness (QED) is 0.847. The van der Waals surface area contributed by atoms with Crippen LogP contribution in [0.25, 0.3) is 5.65 Å². The molecule has 0 atom stereocenters. The normalized spacial score (nSPS) is 18.5. The van der Waals surface area contributed by atoms with Gasteiger partial charge in [0, 0.05) is 29.2 Å². The Morgan fingerprint density at radius 3 is 2.68 bits per heavy atom. The van der Waals surface area contributed by atoms with Gasteiger partial charge in [-0.05, 0) is 45.8 Å². The van der Waals surface area contributed by atoms with E-state index in [9.17, 15) is 0 Å². The summed E-state index contributed by atoms with van der Waals surface area (Å²) >= 11 is 5.98. The van der Waals surface area contributed by atoms with Crippen LogP contribution >= 0.6 is 11.6 Å². The molecule has 2 aromatic heterocycles. The summed E-state index contributed by atoms with van der Waals surface area (Å²) < 4.78 is 2.07. The summed E-state index contributed by atoms with van der Waals surface area (Å²) in [6, 6.07) is 4.39. The molecule has 0 spiro atoms. The first kappa shape index (κ1) is 12.9. The average Bonchev–Trinajstić information content (AvgIpc) is 2.81. The molecule has 0 saturated carbocycles. The zero-order valence-electron chi connectivity index (χ0n) is 11.4. The van der Waals surface area contributed by atoms with Crippen molar-refractivity contribution in [3.63, 3.8) is 0 Å². The second-order valence-corrected chi connectivity index (χ2v) is 5.97. The van der Waals surface area contributed by atoms with E-state index < -0.39 is 0 Å². The van der Waals surface area contributed by atoms with Crippen molar-refractivity contribution >= 4 is 17.2 Å². The SMILES string of the molecule is CC(C)N1CCC(c2nnc3cc(Cl)ccn23)CC1. The maximum atomic E-state index is 5.98. The minimum Gasteiger partial charge on any atom is -0.301 e. The van der Waals surface area contributed by atoms with Crippen LogP contribution in [0.3, 0.4) is 0 Å². The number of likely N-dealkylation sites (tertiary alicyclic amines) is 1. The Bertz CT molecular complexity index is 570. The molecule has 0 bridgehead atoms. The first-order valence-corrected chi connectivity index (χ1v) is 7.27. The number of piperidine rings is 1. The van der Waals surface area contributed by atoms with Crippen LogP contribution in [0, 0.1) is 0 Å². The molecular formula is C14H19ClN4. The first-order valence-electron chi connectivity index (χ1n) is 6.89. The van der Waals surface area contributed by atoms with Gasteiger partial charge in [0.25, 0.3) is 0 Å². The summed E-state index contributed by atoms with van der Waals surface area (Å²) in [7, 11) is 0. The lowest BCUT2D eigenvalue weighted by atomic mass is 9.95. The van der Waals surface area contributed by atoms with Gasteiger partial charge >= 0.3 is 0 Å². The fourth-order valence-corrected chi connectivity index (χ4v) is 2.99. The molecule has 0 aliphatic carbocycles. The van der Waals surface area contributed by atoms with Gasteiger partial charge in [-0.1, -0.05) is 11.6 Å². The largest absolute Gasteiger partial charge is 0.301 e. The van der Waals surface area contributed by atoms with Crippen LogP contribution in [-0.4, -0.2) is 38.6 Å². The van der Waals surface area contributed by atoms with E-state index in [1.807, 2.05) is 18.3 Å². The molecule has 1 aliphatic rings. The highest BCUT2D eigenvalue weighted by Gasteiger charge is 2.25. The second-order valence-electron chi connectivity index (χ2n) is 5.54. The van der Waals surface area contributed by atoms with Crippen LogP contribution in [0.5, 0.6) is 0 Å². The monoisotopic (exact) mass is 278 g/mol. The van der Waals surface area contributed by atoms with Gasteiger partial charge in [0.1, 0.15) is 5.82 Å². The summed E-state index contributed by atoms with van der Waals surface area (Å²) in [6.07, 6.45) is 4.28. The van der Waals surface area contributed by atoms with Crippen LogP contribution in [0.4, 0.5) is 0 Å². The molecule has 4 nitrogen and oxygen atoms in total. The third-order valence-electron chi connectivity index (χ3n) is 4.02. The molecule has 0 N–H and O–H groups in total. The molecule has 1 aliphatic heterocycles. The number of hydrogen-bond donors (Lipinski definition) is 0. The second kappa shape index (κ2) is 5.10. The lowest BCUT2D eigenvalue weighted by Crippen LogP contribution is -2.38. The maximum absolute atomic E-state index is 5.98. The Hall–Kier alpha value is -1.13. The Balaban J connectivity index is 1.82. The van der Waals surface area contributed by atoms with Crippen molar-refractivity contribution in [1.29, 1.82) is 0 Å². The van der Waals surface area contributed by atoms with Crippen molar-refractivity contribution in [2.75, 3.05) is 13.1 Å². The van der Waals surface area contributed by atoms with E-state index >= 15 is 0 Å². The highest BCUT2D eigenvalue weighted by atomic mass is 35.5. The topological polar surface area (TPSA) is 33.4 Å². The van der Waals surface area contributed by atoms with Crippen molar-refractivity contribution < 1.29 is 0 Å². The molecule has 0 unspecified atom stereocenters. The number of nitrogens with zero attached hydrogens (tertiary/aromatic N) is 4. The zero-order valence-corrected chi connectivity index (χ0v) is 12.1. The Labute approximate surface area is 118 Å². The minimum absolute atomic E-state index is 0.506. The van der Waals surface area contributed by atoms with Crippen LogP contribution in [0.15, 0.2) is 18.3 Å². The molecule has 0 radical (unpaired) electrons. The van der Waals surface area contributed by atoms with Crippen LogP contribution in [-0.2, 0) is 0 Å². The highest BCUT2D eigenvalue weighted by molar-refractivity contribution is 6.30. The average molecular weight is 279 g/mol. The Kier molecular flexibility index (Phi) is 3.46. The minimum atomic E-state index is 0.506. The lowest BCUT2D eigenvalue weighted by molar-refractivity contribution is 0.169. The molecule has 3 rings (SSSR count). The molecule has 1 fully saturated rings. The number of halogens is 1. The molecule has 19 heavy (non-hydrogen) atoms. The summed E-state index contributed by atoms with van der Waals surface area (Å²) in [5.41, 5.74) is 0.841. The molecule has 102 valence electrons. The molecule has 2 aromatic rings. The number of fused-ring (bicyclic) bond motifs is 1. The Morgan fingerprint density at radius 2 is 2.00 bits per heavy atom. The van der Waals surface area contributed by atoms with Gasteiger partial charge in [-0.15, -0.1) is 10.2 Å². The molecule has 5 heteroatoms. The van der Waals surface area contributed by atoms with E-state index in [1.54, 1.807) is 0 Å². The van der Waals surface area contributed by atoms with Gasteiger partial charge in [0.2, 0.25) is 0 Å². The summed E-state index contributed by atoms with van der Waals surface area (Å²) in [5.74, 6) is 1.58. The van der Waals surface area contributed by atoms with Crippen molar-refractivity contribution in [3.8, 4) is 0 Å². The standard InChI is InChI=1S/C14H19ClN4/c1-10(2)18-6-3-11(4-7-18)14-17-16-13-9-12(15)5-8-19(13)14/h5,8-11H,3-4,6-7H2,1-2H3. The third-order valence-corrected chi connectivity index (χ3v) is 4.26. The number of aromatic nitrogens is 3. The zero-order chi connectivity index (χ0) is 13.4. The molecule has 0 amide bonds. The molecular weight excluding hydrogens is 260 g/mol. The summed E-state index contributed by atoms with van der Waals surface area (Å²) in [6.45, 7) is 6.80. The maximum Gasteiger partial charge on any atom is 0.162 e. The first-order chi connectivity index (χ1) is 9.15. The fourth-order valence-electron chi connectivity index (χ4n) is 2.84. The number of rotatable bonds is 2. The summed E-state index contributed by atoms with van der Waals surface area (Å²) in [4.78, 5) is 2.52. The number of hydrogen-bond acceptors (Lipinski definition) is 3. The van der Waals surface area contributed by atoms with E-state index in [4.69, 9.17) is 11.6 Å². The van der Waals surface area contributed by atoms with Gasteiger partial charge in [0.05, 0.1) is 0 Å². The van der Waals surface area contributed by atoms with E-state index in [1.165, 1.54) is 0 Å². The van der Waals surface area contributed by atoms with Crippen molar-refractivity contribution in [2.45, 2.75) is 38.6 Å². The predicted molar refractivity (Wildman–Crippen MR) is 76.7 cm³/mol. The molecule has 1 saturated heterocycles. The predicted octanol–water partition coefficient (Wildman–Crippen LogP) is 2.97. The van der Waals surface area contributed by atoms with Gasteiger partial charge in [-0.25, -0.2) is 0 Å². The molecule has 0 aromatic carbocycles. The van der Waals surface area contributed by atoms with E-state index in [0.717, 1.165) is 37.4 Å². The van der Waals surface area contributed by atoms with Crippen molar-refractivity contribution in [2.24, 2.45) is 0 Å². The van der Waals surface area contributed by atoms with Crippen molar-refractivity contribution in [3.05, 3.63) is 29.2 Å². The van der Waals surface area contributed by atoms with Crippen LogP contribution in [0.1, 0.15) is 38.4 Å². The van der Waals surface area contributed by atoms with E-state index in [2.05, 4.69) is 33.3 Å². The van der Waals surface area contributed by atoms with E-state index in [0.29, 0.717) is 17.0 Å². The summed E-state index contributed by atoms with van der Waals surface area (Å²) in [5, 5.41) is 9.30. The van der Waals surface area contributed by atoms with Gasteiger partial charge in [-0.3, -0.25) is 4.40 Å². The third kappa shape index (κ3) is 2.47. The lowest BCUT2D eigenvalue weighted by Gasteiger charge is -2.33. The van der Waals surface area contributed by atoms with Crippen molar-refractivity contribution in [1.82, 2.24) is 19.5 Å². The highest BCUT2D eigenvalue weighted by Crippen LogP contribution is 2.28. The fraction of sp³-hybridized carbons (Fsp3) is 0.571. The van der Waals surface area contributed by atoms with Crippen LogP contribution in [0.2, 0.25) is 5.02 Å². The number of pyridine rings is 1. The smallest absolute Gasteiger partial charge is 0.162 e.